The number of nitrogens with one attached hydrogen (secondary N) is 3. The third-order valence-corrected chi connectivity index (χ3v) is 3.40. The average molecular weight is 316 g/mol. The molecule has 110 valence electrons. The summed E-state index contributed by atoms with van der Waals surface area (Å²) < 4.78 is 0. The van der Waals surface area contributed by atoms with E-state index in [1.807, 2.05) is 0 Å². The zero-order chi connectivity index (χ0) is 15.7. The molecule has 22 heavy (non-hydrogen) atoms. The van der Waals surface area contributed by atoms with E-state index >= 15 is 0 Å². The lowest BCUT2D eigenvalue weighted by atomic mass is 10.1. The number of H-pyrrole nitrogens is 2. The Morgan fingerprint density at radius 2 is 1.73 bits per heavy atom. The smallest absolute Gasteiger partial charge is 0.272 e. The van der Waals surface area contributed by atoms with Crippen molar-refractivity contribution in [2.75, 3.05) is 5.32 Å². The summed E-state index contributed by atoms with van der Waals surface area (Å²) in [5.41, 5.74) is -0.314. The summed E-state index contributed by atoms with van der Waals surface area (Å²) in [5.74, 6) is -0.422. The fourth-order valence-electron chi connectivity index (χ4n) is 2.16. The molecule has 0 aliphatic rings. The number of amides is 1. The number of hydrogen-bond donors (Lipinski definition) is 3. The highest BCUT2D eigenvalue weighted by Crippen LogP contribution is 2.18. The van der Waals surface area contributed by atoms with Crippen LogP contribution in [0.5, 0.6) is 0 Å². The quantitative estimate of drug-likeness (QED) is 0.676. The van der Waals surface area contributed by atoms with Gasteiger partial charge in [-0.2, -0.15) is 0 Å². The second-order valence-electron chi connectivity index (χ2n) is 4.60. The normalized spacial score (nSPS) is 10.6. The molecule has 1 heterocycles. The molecule has 0 bridgehead atoms. The number of aromatic nitrogens is 2. The van der Waals surface area contributed by atoms with Crippen molar-refractivity contribution in [3.05, 3.63) is 73.8 Å². The van der Waals surface area contributed by atoms with E-state index in [4.69, 9.17) is 11.6 Å². The molecule has 1 aromatic heterocycles. The third kappa shape index (κ3) is 2.51. The maximum atomic E-state index is 12.2. The van der Waals surface area contributed by atoms with Gasteiger partial charge < -0.3 is 5.32 Å². The fraction of sp³-hybridized carbons (Fsp3) is 0. The van der Waals surface area contributed by atoms with E-state index in [1.165, 1.54) is 12.1 Å². The summed E-state index contributed by atoms with van der Waals surface area (Å²) in [6.45, 7) is 0. The zero-order valence-electron chi connectivity index (χ0n) is 11.1. The van der Waals surface area contributed by atoms with Gasteiger partial charge in [-0.1, -0.05) is 23.7 Å². The van der Waals surface area contributed by atoms with Crippen LogP contribution in [0, 0.1) is 0 Å². The van der Waals surface area contributed by atoms with Gasteiger partial charge in [0.15, 0.2) is 0 Å². The molecule has 6 nitrogen and oxygen atoms in total. The molecule has 0 fully saturated rings. The maximum absolute atomic E-state index is 12.2. The fourth-order valence-corrected chi connectivity index (χ4v) is 2.35. The van der Waals surface area contributed by atoms with E-state index in [-0.39, 0.29) is 16.5 Å². The molecule has 0 unspecified atom stereocenters. The van der Waals surface area contributed by atoms with Crippen LogP contribution in [0.3, 0.4) is 0 Å². The molecule has 0 spiro atoms. The van der Waals surface area contributed by atoms with Crippen molar-refractivity contribution >= 4 is 34.0 Å². The van der Waals surface area contributed by atoms with Crippen LogP contribution in [-0.4, -0.2) is 16.1 Å². The Bertz CT molecular complexity index is 991. The Labute approximate surface area is 128 Å². The Balaban J connectivity index is 2.08. The van der Waals surface area contributed by atoms with E-state index in [0.29, 0.717) is 10.6 Å². The predicted octanol–water partition coefficient (Wildman–Crippen LogP) is 2.12. The Hall–Kier alpha value is -2.86. The van der Waals surface area contributed by atoms with Gasteiger partial charge >= 0.3 is 0 Å². The molecule has 3 N–H and O–H groups in total. The predicted molar refractivity (Wildman–Crippen MR) is 84.6 cm³/mol. The van der Waals surface area contributed by atoms with Crippen molar-refractivity contribution in [1.29, 1.82) is 0 Å². The number of anilines is 1. The lowest BCUT2D eigenvalue weighted by Crippen LogP contribution is -2.21. The first-order valence-electron chi connectivity index (χ1n) is 6.37. The van der Waals surface area contributed by atoms with Gasteiger partial charge in [-0.05, 0) is 30.3 Å². The Morgan fingerprint density at radius 3 is 2.50 bits per heavy atom. The SMILES string of the molecule is O=C(Nc1cccc2c(=O)[nH][nH]c(=O)c12)c1cccc(Cl)c1. The summed E-state index contributed by atoms with van der Waals surface area (Å²) in [4.78, 5) is 35.9. The molecule has 0 aliphatic carbocycles. The topological polar surface area (TPSA) is 94.8 Å². The van der Waals surface area contributed by atoms with Gasteiger partial charge in [-0.3, -0.25) is 24.6 Å². The van der Waals surface area contributed by atoms with Crippen LogP contribution in [-0.2, 0) is 0 Å². The van der Waals surface area contributed by atoms with E-state index in [0.717, 1.165) is 0 Å². The van der Waals surface area contributed by atoms with Gasteiger partial charge in [0, 0.05) is 10.6 Å². The number of carbonyl (C=O) groups is 1. The second-order valence-corrected chi connectivity index (χ2v) is 5.04. The Kier molecular flexibility index (Phi) is 3.52. The van der Waals surface area contributed by atoms with Crippen molar-refractivity contribution in [3.8, 4) is 0 Å². The molecular weight excluding hydrogens is 306 g/mol. The largest absolute Gasteiger partial charge is 0.321 e. The third-order valence-electron chi connectivity index (χ3n) is 3.16. The van der Waals surface area contributed by atoms with Gasteiger partial charge in [0.1, 0.15) is 0 Å². The van der Waals surface area contributed by atoms with Crippen LogP contribution < -0.4 is 16.4 Å². The van der Waals surface area contributed by atoms with Crippen LogP contribution >= 0.6 is 11.6 Å². The lowest BCUT2D eigenvalue weighted by Gasteiger charge is -2.08. The highest BCUT2D eigenvalue weighted by atomic mass is 35.5. The highest BCUT2D eigenvalue weighted by Gasteiger charge is 2.12. The zero-order valence-corrected chi connectivity index (χ0v) is 11.9. The van der Waals surface area contributed by atoms with Crippen LogP contribution in [0.2, 0.25) is 5.02 Å². The number of hydrogen-bond acceptors (Lipinski definition) is 3. The summed E-state index contributed by atoms with van der Waals surface area (Å²) in [5, 5.41) is 7.86. The van der Waals surface area contributed by atoms with Gasteiger partial charge in [0.05, 0.1) is 16.5 Å². The number of carbonyl (C=O) groups excluding carboxylic acids is 1. The van der Waals surface area contributed by atoms with Crippen molar-refractivity contribution < 1.29 is 4.79 Å². The molecule has 0 radical (unpaired) electrons. The first-order chi connectivity index (χ1) is 10.6. The molecule has 3 aromatic rings. The Morgan fingerprint density at radius 1 is 1.00 bits per heavy atom. The highest BCUT2D eigenvalue weighted by molar-refractivity contribution is 6.31. The number of benzene rings is 2. The van der Waals surface area contributed by atoms with Gasteiger partial charge in [0.25, 0.3) is 17.0 Å². The van der Waals surface area contributed by atoms with E-state index < -0.39 is 17.0 Å². The monoisotopic (exact) mass is 315 g/mol. The summed E-state index contributed by atoms with van der Waals surface area (Å²) in [7, 11) is 0. The number of fused-ring (bicyclic) bond motifs is 1. The number of aromatic amines is 2. The summed E-state index contributed by atoms with van der Waals surface area (Å²) >= 11 is 5.85. The van der Waals surface area contributed by atoms with Crippen molar-refractivity contribution in [2.45, 2.75) is 0 Å². The molecule has 1 amide bonds. The second kappa shape index (κ2) is 5.50. The minimum absolute atomic E-state index is 0.127. The first-order valence-corrected chi connectivity index (χ1v) is 6.74. The van der Waals surface area contributed by atoms with E-state index in [2.05, 4.69) is 15.5 Å². The van der Waals surface area contributed by atoms with Crippen molar-refractivity contribution in [3.63, 3.8) is 0 Å². The number of rotatable bonds is 2. The van der Waals surface area contributed by atoms with Crippen LogP contribution in [0.4, 0.5) is 5.69 Å². The number of halogens is 1. The summed E-state index contributed by atoms with van der Waals surface area (Å²) in [6, 6.07) is 11.1. The molecule has 3 rings (SSSR count). The van der Waals surface area contributed by atoms with Crippen LogP contribution in [0.25, 0.3) is 10.8 Å². The molecule has 0 saturated heterocycles. The van der Waals surface area contributed by atoms with Gasteiger partial charge in [0.2, 0.25) is 0 Å². The van der Waals surface area contributed by atoms with Crippen LogP contribution in [0.15, 0.2) is 52.1 Å². The maximum Gasteiger partial charge on any atom is 0.272 e. The molecule has 2 aromatic carbocycles. The standard InChI is InChI=1S/C15H10ClN3O3/c16-9-4-1-3-8(7-9)13(20)17-11-6-2-5-10-12(11)15(22)19-18-14(10)21/h1-7H,(H,17,20)(H,18,21)(H,19,22). The van der Waals surface area contributed by atoms with E-state index in [1.54, 1.807) is 30.3 Å². The molecule has 0 saturated carbocycles. The minimum atomic E-state index is -0.489. The van der Waals surface area contributed by atoms with Gasteiger partial charge in [-0.15, -0.1) is 0 Å². The molecule has 7 heteroatoms. The molecule has 0 aliphatic heterocycles. The lowest BCUT2D eigenvalue weighted by molar-refractivity contribution is 0.102. The summed E-state index contributed by atoms with van der Waals surface area (Å²) in [6.07, 6.45) is 0. The molecular formula is C15H10ClN3O3. The minimum Gasteiger partial charge on any atom is -0.321 e. The average Bonchev–Trinajstić information content (AvgIpc) is 2.51. The first kappa shape index (κ1) is 14.1. The van der Waals surface area contributed by atoms with E-state index in [9.17, 15) is 14.4 Å². The van der Waals surface area contributed by atoms with Crippen molar-refractivity contribution in [1.82, 2.24) is 10.2 Å². The molecule has 0 atom stereocenters. The van der Waals surface area contributed by atoms with Gasteiger partial charge in [-0.25, -0.2) is 0 Å². The van der Waals surface area contributed by atoms with Crippen LogP contribution in [0.1, 0.15) is 10.4 Å². The van der Waals surface area contributed by atoms with Crippen molar-refractivity contribution in [2.24, 2.45) is 0 Å².